The standard InChI is InChI=1S/C7H11F6OP/c1-2-3-4-15-5(14,6(8,9)10)7(11,12)13/h14-15H,2-4H2,1H3. The van der Waals surface area contributed by atoms with Crippen LogP contribution >= 0.6 is 8.58 Å². The Morgan fingerprint density at radius 1 is 1.00 bits per heavy atom. The molecule has 0 heterocycles. The largest absolute Gasteiger partial charge is 0.429 e. The Kier molecular flexibility index (Phi) is 4.86. The van der Waals surface area contributed by atoms with Gasteiger partial charge in [0.1, 0.15) is 0 Å². The van der Waals surface area contributed by atoms with Crippen LogP contribution in [-0.4, -0.2) is 29.0 Å². The second-order valence-corrected chi connectivity index (χ2v) is 4.56. The highest BCUT2D eigenvalue weighted by Crippen LogP contribution is 2.53. The minimum Gasteiger partial charge on any atom is -0.370 e. The van der Waals surface area contributed by atoms with E-state index in [4.69, 9.17) is 5.11 Å². The van der Waals surface area contributed by atoms with Crippen LogP contribution in [0.5, 0.6) is 0 Å². The number of aliphatic hydroxyl groups is 1. The third kappa shape index (κ3) is 3.48. The molecule has 0 spiro atoms. The van der Waals surface area contributed by atoms with Crippen molar-refractivity contribution in [3.8, 4) is 0 Å². The van der Waals surface area contributed by atoms with Crippen LogP contribution < -0.4 is 0 Å². The molecule has 0 fully saturated rings. The topological polar surface area (TPSA) is 20.2 Å². The molecule has 1 N–H and O–H groups in total. The summed E-state index contributed by atoms with van der Waals surface area (Å²) in [5.41, 5.74) is 0. The molecule has 0 radical (unpaired) electrons. The molecule has 0 saturated heterocycles. The smallest absolute Gasteiger partial charge is 0.370 e. The van der Waals surface area contributed by atoms with E-state index in [-0.39, 0.29) is 12.6 Å². The van der Waals surface area contributed by atoms with Crippen LogP contribution in [0.25, 0.3) is 0 Å². The Balaban J connectivity index is 4.74. The highest BCUT2D eigenvalue weighted by Gasteiger charge is 2.69. The van der Waals surface area contributed by atoms with Gasteiger partial charge in [0.15, 0.2) is 0 Å². The zero-order valence-corrected chi connectivity index (χ0v) is 8.84. The number of unbranched alkanes of at least 4 members (excludes halogenated alkanes) is 1. The van der Waals surface area contributed by atoms with Gasteiger partial charge in [-0.1, -0.05) is 21.9 Å². The van der Waals surface area contributed by atoms with Gasteiger partial charge in [-0.15, -0.1) is 0 Å². The van der Waals surface area contributed by atoms with Gasteiger partial charge >= 0.3 is 12.4 Å². The Morgan fingerprint density at radius 3 is 1.67 bits per heavy atom. The molecule has 0 aliphatic heterocycles. The first-order valence-corrected chi connectivity index (χ1v) is 5.38. The van der Waals surface area contributed by atoms with Gasteiger partial charge in [0.2, 0.25) is 0 Å². The molecule has 1 atom stereocenters. The van der Waals surface area contributed by atoms with E-state index < -0.39 is 26.3 Å². The van der Waals surface area contributed by atoms with Gasteiger partial charge in [-0.2, -0.15) is 26.3 Å². The van der Waals surface area contributed by atoms with E-state index in [1.807, 2.05) is 0 Å². The van der Waals surface area contributed by atoms with Gasteiger partial charge in [0.25, 0.3) is 5.34 Å². The maximum absolute atomic E-state index is 12.1. The predicted octanol–water partition coefficient (Wildman–Crippen LogP) is 3.28. The molecule has 1 nitrogen and oxygen atoms in total. The van der Waals surface area contributed by atoms with E-state index in [0.717, 1.165) is 0 Å². The molecule has 8 heteroatoms. The van der Waals surface area contributed by atoms with Crippen LogP contribution in [-0.2, 0) is 0 Å². The summed E-state index contributed by atoms with van der Waals surface area (Å²) in [6.45, 7) is 1.64. The predicted molar refractivity (Wildman–Crippen MR) is 45.1 cm³/mol. The number of rotatable bonds is 4. The second-order valence-electron chi connectivity index (χ2n) is 2.99. The maximum Gasteiger partial charge on any atom is 0.429 e. The molecule has 0 aromatic carbocycles. The van der Waals surface area contributed by atoms with Crippen molar-refractivity contribution in [3.05, 3.63) is 0 Å². The van der Waals surface area contributed by atoms with Crippen molar-refractivity contribution in [2.75, 3.05) is 6.16 Å². The van der Waals surface area contributed by atoms with E-state index in [1.165, 1.54) is 0 Å². The lowest BCUT2D eigenvalue weighted by molar-refractivity contribution is -0.329. The average Bonchev–Trinajstić information content (AvgIpc) is 2.00. The second kappa shape index (κ2) is 4.87. The van der Waals surface area contributed by atoms with Crippen molar-refractivity contribution in [1.82, 2.24) is 0 Å². The molecular formula is C7H11F6OP. The van der Waals surface area contributed by atoms with E-state index in [0.29, 0.717) is 6.42 Å². The van der Waals surface area contributed by atoms with Crippen molar-refractivity contribution in [2.24, 2.45) is 0 Å². The first kappa shape index (κ1) is 15.0. The summed E-state index contributed by atoms with van der Waals surface area (Å²) in [6, 6.07) is 0. The monoisotopic (exact) mass is 256 g/mol. The molecule has 0 amide bonds. The van der Waals surface area contributed by atoms with Gasteiger partial charge < -0.3 is 5.11 Å². The fraction of sp³-hybridized carbons (Fsp3) is 1.00. The van der Waals surface area contributed by atoms with E-state index in [9.17, 15) is 26.3 Å². The lowest BCUT2D eigenvalue weighted by Crippen LogP contribution is -2.53. The molecule has 0 saturated carbocycles. The minimum absolute atomic E-state index is 0.229. The van der Waals surface area contributed by atoms with Crippen LogP contribution in [0.4, 0.5) is 26.3 Å². The lowest BCUT2D eigenvalue weighted by atomic mass is 10.3. The Hall–Kier alpha value is -0.0300. The molecule has 0 aromatic rings. The molecule has 0 bridgehead atoms. The Bertz CT molecular complexity index is 185. The van der Waals surface area contributed by atoms with Crippen LogP contribution in [0.3, 0.4) is 0 Å². The van der Waals surface area contributed by atoms with Crippen molar-refractivity contribution < 1.29 is 31.4 Å². The molecule has 15 heavy (non-hydrogen) atoms. The summed E-state index contributed by atoms with van der Waals surface area (Å²) < 4.78 is 72.4. The van der Waals surface area contributed by atoms with Gasteiger partial charge in [-0.3, -0.25) is 0 Å². The number of hydrogen-bond donors (Lipinski definition) is 1. The van der Waals surface area contributed by atoms with Gasteiger partial charge in [0.05, 0.1) is 0 Å². The average molecular weight is 256 g/mol. The summed E-state index contributed by atoms with van der Waals surface area (Å²) in [6.07, 6.45) is -10.9. The van der Waals surface area contributed by atoms with Crippen LogP contribution in [0.1, 0.15) is 19.8 Å². The maximum atomic E-state index is 12.1. The van der Waals surface area contributed by atoms with Gasteiger partial charge in [-0.25, -0.2) is 0 Å². The highest BCUT2D eigenvalue weighted by molar-refractivity contribution is 7.39. The molecule has 1 unspecified atom stereocenters. The van der Waals surface area contributed by atoms with Gasteiger partial charge in [-0.05, 0) is 12.6 Å². The molecule has 0 aliphatic rings. The zero-order valence-electron chi connectivity index (χ0n) is 7.84. The summed E-state index contributed by atoms with van der Waals surface area (Å²) in [5.74, 6) is 0. The zero-order chi connectivity index (χ0) is 12.3. The third-order valence-electron chi connectivity index (χ3n) is 1.73. The quantitative estimate of drug-likeness (QED) is 0.465. The van der Waals surface area contributed by atoms with Crippen LogP contribution in [0, 0.1) is 0 Å². The molecule has 0 aromatic heterocycles. The number of hydrogen-bond acceptors (Lipinski definition) is 1. The van der Waals surface area contributed by atoms with Crippen molar-refractivity contribution in [1.29, 1.82) is 0 Å². The Labute approximate surface area is 84.6 Å². The fourth-order valence-electron chi connectivity index (χ4n) is 0.807. The highest BCUT2D eigenvalue weighted by atomic mass is 31.1. The minimum atomic E-state index is -5.67. The fourth-order valence-corrected chi connectivity index (χ4v) is 2.10. The van der Waals surface area contributed by atoms with E-state index in [2.05, 4.69) is 0 Å². The first-order valence-electron chi connectivity index (χ1n) is 4.17. The van der Waals surface area contributed by atoms with Crippen molar-refractivity contribution >= 4 is 8.58 Å². The normalized spacial score (nSPS) is 15.2. The number of alkyl halides is 6. The molecular weight excluding hydrogens is 245 g/mol. The lowest BCUT2D eigenvalue weighted by Gasteiger charge is -2.32. The SMILES string of the molecule is CCCCPC(O)(C(F)(F)F)C(F)(F)F. The Morgan fingerprint density at radius 2 is 1.40 bits per heavy atom. The van der Waals surface area contributed by atoms with Crippen LogP contribution in [0.2, 0.25) is 0 Å². The molecule has 0 rings (SSSR count). The molecule has 0 aliphatic carbocycles. The molecule has 92 valence electrons. The summed E-state index contributed by atoms with van der Waals surface area (Å²) >= 11 is 0. The summed E-state index contributed by atoms with van der Waals surface area (Å²) in [5, 5.41) is 4.13. The van der Waals surface area contributed by atoms with Crippen molar-refractivity contribution in [2.45, 2.75) is 37.5 Å². The first-order chi connectivity index (χ1) is 6.56. The van der Waals surface area contributed by atoms with Crippen molar-refractivity contribution in [3.63, 3.8) is 0 Å². The summed E-state index contributed by atoms with van der Waals surface area (Å²) in [4.78, 5) is 0. The number of halogens is 6. The van der Waals surface area contributed by atoms with E-state index in [1.54, 1.807) is 6.92 Å². The van der Waals surface area contributed by atoms with E-state index >= 15 is 0 Å². The van der Waals surface area contributed by atoms with Gasteiger partial charge in [0, 0.05) is 0 Å². The third-order valence-corrected chi connectivity index (χ3v) is 3.41. The summed E-state index contributed by atoms with van der Waals surface area (Å²) in [7, 11) is -1.61. The van der Waals surface area contributed by atoms with Crippen LogP contribution in [0.15, 0.2) is 0 Å².